The number of Topliss-reactive ketones (excluding diaryl/α,β-unsaturated/α-hetero) is 1. The normalized spacial score (nSPS) is 9.38. The first-order valence-corrected chi connectivity index (χ1v) is 12.1. The average molecular weight is 561 g/mol. The van der Waals surface area contributed by atoms with Gasteiger partial charge in [-0.05, 0) is 34.6 Å². The molecule has 0 heterocycles. The molecule has 0 aliphatic carbocycles. The highest BCUT2D eigenvalue weighted by atomic mass is 16.6. The van der Waals surface area contributed by atoms with E-state index in [4.69, 9.17) is 14.2 Å². The quantitative estimate of drug-likeness (QED) is 0.0797. The van der Waals surface area contributed by atoms with E-state index in [9.17, 15) is 24.0 Å². The predicted octanol–water partition coefficient (Wildman–Crippen LogP) is 2.54. The maximum Gasteiger partial charge on any atom is 0.333 e. The van der Waals surface area contributed by atoms with Crippen LogP contribution in [0, 0.1) is 0 Å². The highest BCUT2D eigenvalue weighted by Crippen LogP contribution is 1.94. The van der Waals surface area contributed by atoms with Crippen molar-refractivity contribution >= 4 is 29.7 Å². The van der Waals surface area contributed by atoms with E-state index < -0.39 is 11.9 Å². The Morgan fingerprint density at radius 2 is 0.897 bits per heavy atom. The summed E-state index contributed by atoms with van der Waals surface area (Å²) in [6.45, 7) is 21.3. The molecule has 0 radical (unpaired) electrons. The van der Waals surface area contributed by atoms with E-state index in [-0.39, 0.29) is 49.5 Å². The Kier molecular flexibility index (Phi) is 28.5. The number of hydrogen-bond donors (Lipinski definition) is 0. The van der Waals surface area contributed by atoms with Crippen molar-refractivity contribution in [1.29, 1.82) is 0 Å². The molecule has 0 aromatic rings. The van der Waals surface area contributed by atoms with E-state index >= 15 is 0 Å². The van der Waals surface area contributed by atoms with Crippen LogP contribution in [0.5, 0.6) is 0 Å². The maximum atomic E-state index is 10.9. The third-order valence-corrected chi connectivity index (χ3v) is 3.58. The zero-order chi connectivity index (χ0) is 30.6. The third-order valence-electron chi connectivity index (χ3n) is 3.58. The van der Waals surface area contributed by atoms with E-state index in [1.807, 2.05) is 6.92 Å². The van der Waals surface area contributed by atoms with Crippen LogP contribution >= 0.6 is 0 Å². The van der Waals surface area contributed by atoms with Crippen molar-refractivity contribution in [2.75, 3.05) is 66.6 Å². The van der Waals surface area contributed by atoms with Gasteiger partial charge in [0.2, 0.25) is 0 Å². The molecule has 0 unspecified atom stereocenters. The van der Waals surface area contributed by atoms with Crippen LogP contribution in [0.2, 0.25) is 0 Å². The molecule has 0 aromatic carbocycles. The van der Waals surface area contributed by atoms with Gasteiger partial charge in [0.05, 0.1) is 26.4 Å². The van der Waals surface area contributed by atoms with Crippen molar-refractivity contribution in [3.8, 4) is 0 Å². The lowest BCUT2D eigenvalue weighted by molar-refractivity contribution is -0.151. The fourth-order valence-electron chi connectivity index (χ4n) is 1.69. The Labute approximate surface area is 231 Å². The van der Waals surface area contributed by atoms with Gasteiger partial charge in [-0.1, -0.05) is 19.7 Å². The molecule has 0 rings (SSSR count). The molecule has 0 aliphatic rings. The standard InChI is InChI=1S/C10H14O5.C10H18O4.C7H12O3/c1-7(2)10(13)15-5-4-14-9(12)6-8(3)11;1-4-12-5-6-13-7-8-14-10(11)9(2)3;1-6(2)7(8)10-5-4-9-3/h1,4-6H2,2-3H3;2,4-8H2,1,3H3;1,4-5H2,2-3H3. The Balaban J connectivity index is -0.000000509. The van der Waals surface area contributed by atoms with Gasteiger partial charge in [-0.3, -0.25) is 9.59 Å². The van der Waals surface area contributed by atoms with Crippen molar-refractivity contribution in [3.05, 3.63) is 36.5 Å². The Morgan fingerprint density at radius 3 is 1.28 bits per heavy atom. The van der Waals surface area contributed by atoms with E-state index in [1.165, 1.54) is 13.8 Å². The van der Waals surface area contributed by atoms with Crippen LogP contribution in [0.4, 0.5) is 0 Å². The fraction of sp³-hybridized carbons (Fsp3) is 0.593. The SMILES string of the molecule is C=C(C)C(=O)OCCOC.C=C(C)C(=O)OCCOC(=O)CC(C)=O.C=C(C)C(=O)OCCOCCOCC. The summed E-state index contributed by atoms with van der Waals surface area (Å²) in [5, 5.41) is 0. The molecule has 12 heteroatoms. The Hall–Kier alpha value is -3.35. The summed E-state index contributed by atoms with van der Waals surface area (Å²) in [6.07, 6.45) is -0.256. The third kappa shape index (κ3) is 32.6. The molecule has 0 N–H and O–H groups in total. The van der Waals surface area contributed by atoms with Gasteiger partial charge < -0.3 is 33.2 Å². The fourth-order valence-corrected chi connectivity index (χ4v) is 1.69. The molecule has 39 heavy (non-hydrogen) atoms. The molecule has 0 bridgehead atoms. The predicted molar refractivity (Wildman–Crippen MR) is 143 cm³/mol. The molecule has 0 spiro atoms. The number of carbonyl (C=O) groups excluding carboxylic acids is 5. The van der Waals surface area contributed by atoms with Crippen LogP contribution in [0.15, 0.2) is 36.5 Å². The summed E-state index contributed by atoms with van der Waals surface area (Å²) in [5.41, 5.74) is 1.10. The summed E-state index contributed by atoms with van der Waals surface area (Å²) in [5.74, 6) is -2.15. The van der Waals surface area contributed by atoms with Gasteiger partial charge in [0.25, 0.3) is 0 Å². The van der Waals surface area contributed by atoms with Crippen LogP contribution in [0.3, 0.4) is 0 Å². The second kappa shape index (κ2) is 27.7. The zero-order valence-corrected chi connectivity index (χ0v) is 24.1. The molecule has 0 saturated heterocycles. The van der Waals surface area contributed by atoms with Gasteiger partial charge >= 0.3 is 23.9 Å². The van der Waals surface area contributed by atoms with Gasteiger partial charge in [-0.15, -0.1) is 0 Å². The van der Waals surface area contributed by atoms with Gasteiger partial charge in [0, 0.05) is 30.4 Å². The molecule has 0 atom stereocenters. The van der Waals surface area contributed by atoms with Crippen LogP contribution < -0.4 is 0 Å². The number of esters is 4. The second-order valence-electron chi connectivity index (χ2n) is 7.65. The minimum Gasteiger partial charge on any atom is -0.462 e. The van der Waals surface area contributed by atoms with Crippen LogP contribution in [0.1, 0.15) is 41.0 Å². The number of hydrogen-bond acceptors (Lipinski definition) is 12. The highest BCUT2D eigenvalue weighted by molar-refractivity contribution is 5.94. The average Bonchev–Trinajstić information content (AvgIpc) is 2.86. The summed E-state index contributed by atoms with van der Waals surface area (Å²) < 4.78 is 33.6. The first-order chi connectivity index (χ1) is 18.3. The van der Waals surface area contributed by atoms with Crippen molar-refractivity contribution in [3.63, 3.8) is 0 Å². The molecule has 0 aromatic heterocycles. The largest absolute Gasteiger partial charge is 0.462 e. The van der Waals surface area contributed by atoms with Gasteiger partial charge in [-0.2, -0.15) is 0 Å². The van der Waals surface area contributed by atoms with Gasteiger partial charge in [0.1, 0.15) is 38.6 Å². The summed E-state index contributed by atoms with van der Waals surface area (Å²) in [7, 11) is 1.55. The van der Waals surface area contributed by atoms with Crippen molar-refractivity contribution in [2.24, 2.45) is 0 Å². The summed E-state index contributed by atoms with van der Waals surface area (Å²) in [6, 6.07) is 0. The Bertz CT molecular complexity index is 786. The summed E-state index contributed by atoms with van der Waals surface area (Å²) in [4.78, 5) is 53.7. The van der Waals surface area contributed by atoms with E-state index in [0.29, 0.717) is 50.8 Å². The van der Waals surface area contributed by atoms with Crippen LogP contribution in [0.25, 0.3) is 0 Å². The number of methoxy groups -OCH3 is 1. The number of carbonyl (C=O) groups is 5. The molecule has 0 saturated carbocycles. The second-order valence-corrected chi connectivity index (χ2v) is 7.65. The van der Waals surface area contributed by atoms with E-state index in [2.05, 4.69) is 38.7 Å². The van der Waals surface area contributed by atoms with Crippen LogP contribution in [-0.2, 0) is 57.1 Å². The van der Waals surface area contributed by atoms with Crippen molar-refractivity contribution in [1.82, 2.24) is 0 Å². The topological polar surface area (TPSA) is 150 Å². The Morgan fingerprint density at radius 1 is 0.538 bits per heavy atom. The molecule has 0 aliphatic heterocycles. The lowest BCUT2D eigenvalue weighted by atomic mass is 10.3. The monoisotopic (exact) mass is 560 g/mol. The number of rotatable bonds is 18. The molecular formula is C27H44O12. The van der Waals surface area contributed by atoms with Crippen molar-refractivity contribution in [2.45, 2.75) is 41.0 Å². The lowest BCUT2D eigenvalue weighted by Gasteiger charge is -2.05. The molecule has 224 valence electrons. The highest BCUT2D eigenvalue weighted by Gasteiger charge is 2.07. The number of ketones is 1. The lowest BCUT2D eigenvalue weighted by Crippen LogP contribution is -2.15. The van der Waals surface area contributed by atoms with Crippen molar-refractivity contribution < 1.29 is 57.1 Å². The first-order valence-electron chi connectivity index (χ1n) is 12.1. The first kappa shape index (κ1) is 40.2. The smallest absolute Gasteiger partial charge is 0.333 e. The molecule has 0 amide bonds. The minimum absolute atomic E-state index is 0.0324. The minimum atomic E-state index is -0.617. The van der Waals surface area contributed by atoms with E-state index in [1.54, 1.807) is 21.0 Å². The number of ether oxygens (including phenoxy) is 7. The van der Waals surface area contributed by atoms with E-state index in [0.717, 1.165) is 0 Å². The van der Waals surface area contributed by atoms with Gasteiger partial charge in [0.15, 0.2) is 0 Å². The van der Waals surface area contributed by atoms with Gasteiger partial charge in [-0.25, -0.2) is 14.4 Å². The molecule has 0 fully saturated rings. The summed E-state index contributed by atoms with van der Waals surface area (Å²) >= 11 is 0. The van der Waals surface area contributed by atoms with Crippen LogP contribution in [-0.4, -0.2) is 96.2 Å². The molecule has 12 nitrogen and oxygen atoms in total. The zero-order valence-electron chi connectivity index (χ0n) is 24.1. The maximum absolute atomic E-state index is 10.9. The molecular weight excluding hydrogens is 516 g/mol.